The zero-order valence-electron chi connectivity index (χ0n) is 19.7. The summed E-state index contributed by atoms with van der Waals surface area (Å²) in [5, 5.41) is 7.43. The molecule has 4 heterocycles. The van der Waals surface area contributed by atoms with E-state index in [0.717, 1.165) is 59.4 Å². The van der Waals surface area contributed by atoms with Gasteiger partial charge in [0.15, 0.2) is 0 Å². The third-order valence-electron chi connectivity index (χ3n) is 7.20. The quantitative estimate of drug-likeness (QED) is 0.505. The summed E-state index contributed by atoms with van der Waals surface area (Å²) in [6.07, 6.45) is 5.70. The lowest BCUT2D eigenvalue weighted by atomic mass is 9.98. The average molecular weight is 446 g/mol. The molecule has 1 saturated heterocycles. The summed E-state index contributed by atoms with van der Waals surface area (Å²) < 4.78 is 1.65. The molecule has 0 aliphatic carbocycles. The highest BCUT2D eigenvalue weighted by Crippen LogP contribution is 2.33. The number of fused-ring (bicyclic) bond motifs is 2. The Morgan fingerprint density at radius 1 is 1.12 bits per heavy atom. The highest BCUT2D eigenvalue weighted by molar-refractivity contribution is 5.88. The second-order valence-electron chi connectivity index (χ2n) is 8.98. The van der Waals surface area contributed by atoms with E-state index in [1.807, 2.05) is 30.5 Å². The molecule has 0 amide bonds. The molecule has 1 aliphatic heterocycles. The van der Waals surface area contributed by atoms with Crippen molar-refractivity contribution in [3.63, 3.8) is 0 Å². The number of H-pyrrole nitrogens is 1. The number of rotatable bonds is 5. The molecule has 0 radical (unpaired) electrons. The Morgan fingerprint density at radius 2 is 1.88 bits per heavy atom. The number of piperazine rings is 1. The van der Waals surface area contributed by atoms with Crippen molar-refractivity contribution in [2.45, 2.75) is 51.7 Å². The molecule has 1 N–H and O–H groups in total. The monoisotopic (exact) mass is 445 g/mol. The van der Waals surface area contributed by atoms with E-state index in [1.54, 1.807) is 23.9 Å². The molecule has 1 aromatic carbocycles. The fourth-order valence-electron chi connectivity index (χ4n) is 5.14. The number of nitrogens with zero attached hydrogens (tertiary/aromatic N) is 6. The number of nitrogens with one attached hydrogen (secondary N) is 1. The Hall–Kier alpha value is -3.26. The Balaban J connectivity index is 1.49. The number of hydrogen-bond donors (Lipinski definition) is 1. The zero-order valence-corrected chi connectivity index (χ0v) is 19.7. The maximum Gasteiger partial charge on any atom is 0.252 e. The Morgan fingerprint density at radius 3 is 2.64 bits per heavy atom. The van der Waals surface area contributed by atoms with Crippen LogP contribution in [0.3, 0.4) is 0 Å². The van der Waals surface area contributed by atoms with Crippen molar-refractivity contribution < 1.29 is 0 Å². The number of aromatic nitrogens is 5. The van der Waals surface area contributed by atoms with Gasteiger partial charge >= 0.3 is 0 Å². The first-order chi connectivity index (χ1) is 16.0. The molecule has 0 saturated carbocycles. The number of hydrogen-bond acceptors (Lipinski definition) is 6. The van der Waals surface area contributed by atoms with Gasteiger partial charge < -0.3 is 9.47 Å². The van der Waals surface area contributed by atoms with Gasteiger partial charge in [0.2, 0.25) is 0 Å². The maximum atomic E-state index is 12.7. The zero-order chi connectivity index (χ0) is 23.1. The fraction of sp³-hybridized carbons (Fsp3) is 0.440. The first kappa shape index (κ1) is 21.6. The van der Waals surface area contributed by atoms with E-state index in [0.29, 0.717) is 6.04 Å². The van der Waals surface area contributed by atoms with Gasteiger partial charge in [0.25, 0.3) is 5.56 Å². The van der Waals surface area contributed by atoms with Gasteiger partial charge in [0.1, 0.15) is 5.52 Å². The molecule has 1 unspecified atom stereocenters. The predicted octanol–water partition coefficient (Wildman–Crippen LogP) is 3.65. The average Bonchev–Trinajstić information content (AvgIpc) is 3.35. The van der Waals surface area contributed by atoms with Gasteiger partial charge in [-0.15, -0.1) is 0 Å². The number of benzene rings is 1. The van der Waals surface area contributed by atoms with E-state index < -0.39 is 0 Å². The lowest BCUT2D eigenvalue weighted by Gasteiger charge is -2.49. The van der Waals surface area contributed by atoms with Crippen LogP contribution in [0.1, 0.15) is 45.3 Å². The Labute approximate surface area is 193 Å². The van der Waals surface area contributed by atoms with Gasteiger partial charge in [-0.05, 0) is 31.9 Å². The summed E-state index contributed by atoms with van der Waals surface area (Å²) in [4.78, 5) is 27.2. The second kappa shape index (κ2) is 8.59. The van der Waals surface area contributed by atoms with E-state index in [1.165, 1.54) is 0 Å². The van der Waals surface area contributed by atoms with Crippen molar-refractivity contribution in [1.82, 2.24) is 29.6 Å². The first-order valence-corrected chi connectivity index (χ1v) is 11.8. The largest absolute Gasteiger partial charge is 0.364 e. The first-order valence-electron chi connectivity index (χ1n) is 11.8. The molecule has 0 bridgehead atoms. The van der Waals surface area contributed by atoms with Gasteiger partial charge in [0, 0.05) is 44.5 Å². The van der Waals surface area contributed by atoms with E-state index in [-0.39, 0.29) is 17.6 Å². The third-order valence-corrected chi connectivity index (χ3v) is 7.20. The molecule has 0 spiro atoms. The minimum atomic E-state index is -0.0102. The molecule has 3 aromatic heterocycles. The summed E-state index contributed by atoms with van der Waals surface area (Å²) in [5.74, 6) is 0. The van der Waals surface area contributed by atoms with Crippen LogP contribution >= 0.6 is 0 Å². The number of pyridine rings is 1. The number of anilines is 1. The van der Waals surface area contributed by atoms with Crippen molar-refractivity contribution in [3.05, 3.63) is 58.8 Å². The molecule has 33 heavy (non-hydrogen) atoms. The molecule has 1 fully saturated rings. The van der Waals surface area contributed by atoms with Crippen LogP contribution in [0.25, 0.3) is 22.1 Å². The topological polar surface area (TPSA) is 82.9 Å². The van der Waals surface area contributed by atoms with Crippen molar-refractivity contribution in [2.24, 2.45) is 7.05 Å². The summed E-state index contributed by atoms with van der Waals surface area (Å²) in [5.41, 5.74) is 5.46. The molecule has 1 aliphatic rings. The van der Waals surface area contributed by atoms with Crippen molar-refractivity contribution in [2.75, 3.05) is 18.0 Å². The Bertz CT molecular complexity index is 1340. The van der Waals surface area contributed by atoms with Crippen LogP contribution in [-0.2, 0) is 7.05 Å². The SMILES string of the molecule is CC[C@H]1CN(C(C)c2cnc3ccccc3n2)[C@H](CC)CN1c1cc(=O)n(C)c2c[nH]nc12. The lowest BCUT2D eigenvalue weighted by molar-refractivity contribution is 0.0991. The normalized spacial score (nSPS) is 20.5. The molecular weight excluding hydrogens is 414 g/mol. The molecular formula is C25H31N7O. The standard InChI is InChI=1S/C25H31N7O/c1-5-17-15-32(22-11-24(33)30(4)23-13-27-29-25(22)23)18(6-2)14-31(17)16(3)21-12-26-19-9-7-8-10-20(19)28-21/h7-13,16-18H,5-6,14-15H2,1-4H3,(H,27,29)/t16?,17-,18+/m1/s1. The van der Waals surface area contributed by atoms with Crippen LogP contribution in [0.4, 0.5) is 5.69 Å². The predicted molar refractivity (Wildman–Crippen MR) is 131 cm³/mol. The van der Waals surface area contributed by atoms with Gasteiger partial charge in [-0.25, -0.2) is 4.98 Å². The van der Waals surface area contributed by atoms with Gasteiger partial charge in [-0.1, -0.05) is 26.0 Å². The van der Waals surface area contributed by atoms with E-state index in [2.05, 4.69) is 45.8 Å². The Kier molecular flexibility index (Phi) is 5.62. The van der Waals surface area contributed by atoms with Gasteiger partial charge in [-0.3, -0.25) is 19.8 Å². The van der Waals surface area contributed by atoms with Crippen LogP contribution in [0.15, 0.2) is 47.5 Å². The van der Waals surface area contributed by atoms with Gasteiger partial charge in [-0.2, -0.15) is 5.10 Å². The molecule has 3 atom stereocenters. The lowest BCUT2D eigenvalue weighted by Crippen LogP contribution is -2.59. The van der Waals surface area contributed by atoms with Crippen LogP contribution in [0.2, 0.25) is 0 Å². The van der Waals surface area contributed by atoms with Crippen LogP contribution in [-0.4, -0.2) is 54.8 Å². The van der Waals surface area contributed by atoms with Crippen molar-refractivity contribution in [1.29, 1.82) is 0 Å². The summed E-state index contributed by atoms with van der Waals surface area (Å²) in [6.45, 7) is 8.41. The van der Waals surface area contributed by atoms with Gasteiger partial charge in [0.05, 0.1) is 40.2 Å². The summed E-state index contributed by atoms with van der Waals surface area (Å²) >= 11 is 0. The minimum Gasteiger partial charge on any atom is -0.364 e. The van der Waals surface area contributed by atoms with Crippen molar-refractivity contribution in [3.8, 4) is 0 Å². The number of aryl methyl sites for hydroxylation is 1. The van der Waals surface area contributed by atoms with E-state index >= 15 is 0 Å². The number of aromatic amines is 1. The smallest absolute Gasteiger partial charge is 0.252 e. The molecule has 5 rings (SSSR count). The minimum absolute atomic E-state index is 0.0102. The van der Waals surface area contributed by atoms with E-state index in [9.17, 15) is 4.79 Å². The van der Waals surface area contributed by atoms with Crippen LogP contribution in [0.5, 0.6) is 0 Å². The fourth-order valence-corrected chi connectivity index (χ4v) is 5.14. The number of para-hydroxylation sites is 2. The highest BCUT2D eigenvalue weighted by atomic mass is 16.1. The van der Waals surface area contributed by atoms with Crippen molar-refractivity contribution >= 4 is 27.8 Å². The molecule has 8 heteroatoms. The second-order valence-corrected chi connectivity index (χ2v) is 8.98. The highest BCUT2D eigenvalue weighted by Gasteiger charge is 2.36. The summed E-state index contributed by atoms with van der Waals surface area (Å²) in [7, 11) is 1.79. The molecule has 4 aromatic rings. The van der Waals surface area contributed by atoms with E-state index in [4.69, 9.17) is 4.98 Å². The maximum absolute atomic E-state index is 12.7. The van der Waals surface area contributed by atoms with Crippen LogP contribution in [0, 0.1) is 0 Å². The third kappa shape index (κ3) is 3.68. The summed E-state index contributed by atoms with van der Waals surface area (Å²) in [6, 6.07) is 10.5. The molecule has 172 valence electrons. The van der Waals surface area contributed by atoms with Crippen LogP contribution < -0.4 is 10.5 Å². The molecule has 8 nitrogen and oxygen atoms in total.